The van der Waals surface area contributed by atoms with Crippen LogP contribution in [0.1, 0.15) is 29.8 Å². The highest BCUT2D eigenvalue weighted by Gasteiger charge is 2.22. The molecule has 0 heterocycles. The van der Waals surface area contributed by atoms with Gasteiger partial charge >= 0.3 is 11.9 Å². The zero-order valence-corrected chi connectivity index (χ0v) is 18.8. The Hall–Kier alpha value is -0.180. The summed E-state index contributed by atoms with van der Waals surface area (Å²) in [5, 5.41) is 0. The number of nitrogens with two attached hydrogens (primary N) is 1. The van der Waals surface area contributed by atoms with Crippen molar-refractivity contribution in [3.05, 3.63) is 27.9 Å². The van der Waals surface area contributed by atoms with E-state index in [-0.39, 0.29) is 6.61 Å². The number of primary amides is 1. The molecule has 2 N–H and O–H groups in total. The van der Waals surface area contributed by atoms with Gasteiger partial charge in [-0.25, -0.2) is 0 Å². The maximum atomic E-state index is 11.6. The predicted octanol–water partition coefficient (Wildman–Crippen LogP) is 2.64. The highest BCUT2D eigenvalue weighted by atomic mass is 127. The molecule has 23 heavy (non-hydrogen) atoms. The number of carbonyl (C=O) groups is 3. The van der Waals surface area contributed by atoms with Crippen molar-refractivity contribution in [2.45, 2.75) is 26.4 Å². The number of rotatable bonds is 6. The third kappa shape index (κ3) is 6.32. The van der Waals surface area contributed by atoms with Crippen LogP contribution in [0.15, 0.2) is 6.07 Å². The smallest absolute Gasteiger partial charge is 0.303 e. The first-order chi connectivity index (χ1) is 10.6. The van der Waals surface area contributed by atoms with Crippen molar-refractivity contribution in [3.63, 3.8) is 0 Å². The summed E-state index contributed by atoms with van der Waals surface area (Å²) in [7, 11) is 0. The molecule has 6 nitrogen and oxygen atoms in total. The fourth-order valence-electron chi connectivity index (χ4n) is 1.85. The molecule has 0 bridgehead atoms. The van der Waals surface area contributed by atoms with E-state index in [2.05, 4.69) is 67.8 Å². The van der Waals surface area contributed by atoms with Crippen LogP contribution >= 0.6 is 67.8 Å². The van der Waals surface area contributed by atoms with Gasteiger partial charge in [-0.3, -0.25) is 14.4 Å². The lowest BCUT2D eigenvalue weighted by atomic mass is 10.0. The molecule has 1 aromatic carbocycles. The molecule has 9 heteroatoms. The van der Waals surface area contributed by atoms with E-state index in [1.54, 1.807) is 0 Å². The first kappa shape index (κ1) is 20.9. The molecule has 1 amide bonds. The lowest BCUT2D eigenvalue weighted by Gasteiger charge is -2.19. The Morgan fingerprint density at radius 2 is 1.74 bits per heavy atom. The number of amides is 1. The summed E-state index contributed by atoms with van der Waals surface area (Å²) in [4.78, 5) is 33.9. The molecule has 0 saturated heterocycles. The number of ether oxygens (including phenoxy) is 2. The van der Waals surface area contributed by atoms with Crippen LogP contribution in [0.4, 0.5) is 0 Å². The Labute approximate surface area is 174 Å². The molecule has 0 radical (unpaired) electrons. The number of carbonyl (C=O) groups excluding carboxylic acids is 3. The molecule has 0 aliphatic heterocycles. The summed E-state index contributed by atoms with van der Waals surface area (Å²) in [5.41, 5.74) is 6.71. The second-order valence-corrected chi connectivity index (χ2v) is 8.01. The van der Waals surface area contributed by atoms with Crippen molar-refractivity contribution >= 4 is 85.6 Å². The maximum Gasteiger partial charge on any atom is 0.303 e. The van der Waals surface area contributed by atoms with Gasteiger partial charge in [-0.15, -0.1) is 0 Å². The molecule has 1 atom stereocenters. The van der Waals surface area contributed by atoms with E-state index < -0.39 is 23.9 Å². The van der Waals surface area contributed by atoms with Crippen LogP contribution < -0.4 is 5.73 Å². The van der Waals surface area contributed by atoms with E-state index in [1.165, 1.54) is 13.8 Å². The standard InChI is InChI=1S/C14H14I3NO5/c1-6(19)22-5-8(23-7(2)20)3-9-10(15)4-11(16)12(13(9)17)14(18)21/h4,8H,3,5H2,1-2H3,(H2,18,21). The molecular weight excluding hydrogens is 643 g/mol. The zero-order chi connectivity index (χ0) is 17.7. The van der Waals surface area contributed by atoms with Crippen molar-refractivity contribution < 1.29 is 23.9 Å². The number of halogens is 3. The third-order valence-corrected chi connectivity index (χ3v) is 5.75. The van der Waals surface area contributed by atoms with Crippen molar-refractivity contribution in [2.24, 2.45) is 5.73 Å². The summed E-state index contributed by atoms with van der Waals surface area (Å²) in [6.07, 6.45) is -0.306. The lowest BCUT2D eigenvalue weighted by Crippen LogP contribution is -2.27. The van der Waals surface area contributed by atoms with Crippen LogP contribution in [0.2, 0.25) is 0 Å². The second kappa shape index (κ2) is 9.34. The Morgan fingerprint density at radius 1 is 1.13 bits per heavy atom. The molecule has 0 aliphatic rings. The highest BCUT2D eigenvalue weighted by Crippen LogP contribution is 2.29. The monoisotopic (exact) mass is 657 g/mol. The molecule has 1 aromatic rings. The van der Waals surface area contributed by atoms with E-state index in [0.29, 0.717) is 15.6 Å². The second-order valence-electron chi connectivity index (χ2n) is 4.61. The summed E-state index contributed by atoms with van der Waals surface area (Å²) >= 11 is 6.27. The molecule has 1 rings (SSSR count). The largest absolute Gasteiger partial charge is 0.462 e. The van der Waals surface area contributed by atoms with Crippen molar-refractivity contribution in [1.29, 1.82) is 0 Å². The van der Waals surface area contributed by atoms with Crippen LogP contribution in [-0.2, 0) is 25.5 Å². The number of benzene rings is 1. The van der Waals surface area contributed by atoms with Crippen LogP contribution in [0, 0.1) is 10.7 Å². The number of hydrogen-bond acceptors (Lipinski definition) is 5. The molecule has 0 fully saturated rings. The SMILES string of the molecule is CC(=O)OCC(Cc1c(I)cc(I)c(C(N)=O)c1I)OC(C)=O. The van der Waals surface area contributed by atoms with Crippen LogP contribution in [0.3, 0.4) is 0 Å². The predicted molar refractivity (Wildman–Crippen MR) is 109 cm³/mol. The van der Waals surface area contributed by atoms with Crippen LogP contribution in [0.25, 0.3) is 0 Å². The number of esters is 2. The van der Waals surface area contributed by atoms with E-state index in [4.69, 9.17) is 15.2 Å². The first-order valence-corrected chi connectivity index (χ1v) is 9.63. The zero-order valence-electron chi connectivity index (χ0n) is 12.3. The van der Waals surface area contributed by atoms with E-state index >= 15 is 0 Å². The minimum Gasteiger partial charge on any atom is -0.462 e. The Morgan fingerprint density at radius 3 is 2.22 bits per heavy atom. The van der Waals surface area contributed by atoms with Crippen molar-refractivity contribution in [1.82, 2.24) is 0 Å². The summed E-state index contributed by atoms with van der Waals surface area (Å²) < 4.78 is 12.5. The molecule has 0 aromatic heterocycles. The summed E-state index contributed by atoms with van der Waals surface area (Å²) in [6.45, 7) is 2.53. The summed E-state index contributed by atoms with van der Waals surface area (Å²) in [5.74, 6) is -1.43. The molecular formula is C14H14I3NO5. The van der Waals surface area contributed by atoms with E-state index in [9.17, 15) is 14.4 Å². The van der Waals surface area contributed by atoms with Gasteiger partial charge in [0, 0.05) is 31.0 Å². The molecule has 126 valence electrons. The first-order valence-electron chi connectivity index (χ1n) is 6.40. The molecule has 0 saturated carbocycles. The average Bonchev–Trinajstić information content (AvgIpc) is 2.38. The summed E-state index contributed by atoms with van der Waals surface area (Å²) in [6, 6.07) is 1.84. The van der Waals surface area contributed by atoms with Gasteiger partial charge in [-0.2, -0.15) is 0 Å². The Balaban J connectivity index is 3.16. The number of hydrogen-bond donors (Lipinski definition) is 1. The highest BCUT2D eigenvalue weighted by molar-refractivity contribution is 14.1. The fourth-order valence-corrected chi connectivity index (χ4v) is 6.19. The Bertz CT molecular complexity index is 648. The topological polar surface area (TPSA) is 95.7 Å². The van der Waals surface area contributed by atoms with Gasteiger partial charge in [0.1, 0.15) is 12.7 Å². The third-order valence-electron chi connectivity index (χ3n) is 2.75. The quantitative estimate of drug-likeness (QED) is 0.376. The van der Waals surface area contributed by atoms with Gasteiger partial charge < -0.3 is 15.2 Å². The minimum atomic E-state index is -0.626. The van der Waals surface area contributed by atoms with E-state index in [1.807, 2.05) is 6.07 Å². The fraction of sp³-hybridized carbons (Fsp3) is 0.357. The van der Waals surface area contributed by atoms with Crippen LogP contribution in [0.5, 0.6) is 0 Å². The molecule has 0 spiro atoms. The van der Waals surface area contributed by atoms with Gasteiger partial charge in [-0.1, -0.05) is 0 Å². The molecule has 1 unspecified atom stereocenters. The minimum absolute atomic E-state index is 0.0427. The van der Waals surface area contributed by atoms with Gasteiger partial charge in [0.25, 0.3) is 5.91 Å². The van der Waals surface area contributed by atoms with Crippen molar-refractivity contribution in [3.8, 4) is 0 Å². The Kier molecular flexibility index (Phi) is 8.47. The lowest BCUT2D eigenvalue weighted by molar-refractivity contribution is -0.156. The van der Waals surface area contributed by atoms with Crippen LogP contribution in [-0.4, -0.2) is 30.6 Å². The van der Waals surface area contributed by atoms with Gasteiger partial charge in [0.05, 0.1) is 5.56 Å². The van der Waals surface area contributed by atoms with Gasteiger partial charge in [0.2, 0.25) is 0 Å². The molecule has 0 aliphatic carbocycles. The van der Waals surface area contributed by atoms with Gasteiger partial charge in [0.15, 0.2) is 0 Å². The normalized spacial score (nSPS) is 11.7. The van der Waals surface area contributed by atoms with E-state index in [0.717, 1.165) is 12.7 Å². The average molecular weight is 657 g/mol. The maximum absolute atomic E-state index is 11.6. The van der Waals surface area contributed by atoms with Crippen molar-refractivity contribution in [2.75, 3.05) is 6.61 Å². The van der Waals surface area contributed by atoms with Gasteiger partial charge in [-0.05, 0) is 79.4 Å².